The van der Waals surface area contributed by atoms with E-state index >= 15 is 0 Å². The summed E-state index contributed by atoms with van der Waals surface area (Å²) >= 11 is 0. The van der Waals surface area contributed by atoms with Gasteiger partial charge in [0.1, 0.15) is 13.2 Å². The molecule has 1 amide bonds. The third-order valence-electron chi connectivity index (χ3n) is 5.30. The second kappa shape index (κ2) is 10.6. The van der Waals surface area contributed by atoms with E-state index in [0.29, 0.717) is 32.1 Å². The first kappa shape index (κ1) is 22.3. The van der Waals surface area contributed by atoms with Crippen LogP contribution in [0.2, 0.25) is 0 Å². The number of pyridine rings is 1. The highest BCUT2D eigenvalue weighted by atomic mass is 16.5. The van der Waals surface area contributed by atoms with E-state index in [0.717, 1.165) is 29.3 Å². The summed E-state index contributed by atoms with van der Waals surface area (Å²) in [5, 5.41) is 7.47. The number of anilines is 1. The molecule has 0 atom stereocenters. The lowest BCUT2D eigenvalue weighted by Gasteiger charge is -2.35. The van der Waals surface area contributed by atoms with Crippen LogP contribution in [0.1, 0.15) is 18.1 Å². The van der Waals surface area contributed by atoms with E-state index in [9.17, 15) is 4.79 Å². The maximum atomic E-state index is 12.8. The van der Waals surface area contributed by atoms with Crippen LogP contribution in [-0.2, 0) is 25.0 Å². The Hall–Kier alpha value is -3.88. The van der Waals surface area contributed by atoms with E-state index < -0.39 is 0 Å². The van der Waals surface area contributed by atoms with Gasteiger partial charge in [0.05, 0.1) is 18.4 Å². The van der Waals surface area contributed by atoms with Crippen molar-refractivity contribution in [1.29, 1.82) is 0 Å². The fourth-order valence-electron chi connectivity index (χ4n) is 3.63. The minimum absolute atomic E-state index is 0.0281. The number of hydrogen-bond donors (Lipinski definition) is 1. The van der Waals surface area contributed by atoms with Crippen molar-refractivity contribution in [3.8, 4) is 5.88 Å². The molecule has 4 rings (SSSR count). The summed E-state index contributed by atoms with van der Waals surface area (Å²) < 4.78 is 7.53. The van der Waals surface area contributed by atoms with Crippen LogP contribution in [-0.4, -0.2) is 57.7 Å². The van der Waals surface area contributed by atoms with Gasteiger partial charge in [-0.2, -0.15) is 5.10 Å². The molecule has 0 spiro atoms. The first-order valence-corrected chi connectivity index (χ1v) is 11.1. The number of hydrogen-bond acceptors (Lipinski definition) is 5. The fourth-order valence-corrected chi connectivity index (χ4v) is 3.63. The monoisotopic (exact) mass is 447 g/mol. The number of carbonyl (C=O) groups excluding carboxylic acids is 1. The molecule has 0 radical (unpaired) electrons. The van der Waals surface area contributed by atoms with Crippen LogP contribution in [0.4, 0.5) is 5.69 Å². The second-order valence-electron chi connectivity index (χ2n) is 7.79. The average Bonchev–Trinajstić information content (AvgIpc) is 3.27. The standard InChI is InChI=1S/C24H29N7O2/c1-3-25-24(30-11-12-31(23(32)17-30)21-15-28-29(2)16-21)27-14-20-9-10-26-22(13-20)33-18-19-7-5-4-6-8-19/h4-10,13,15-16H,3,11-12,14,17-18H2,1-2H3,(H,25,27). The molecule has 0 unspecified atom stereocenters. The van der Waals surface area contributed by atoms with Gasteiger partial charge in [0.2, 0.25) is 11.8 Å². The molecule has 1 aliphatic rings. The molecule has 1 aromatic carbocycles. The molecule has 0 aliphatic carbocycles. The lowest BCUT2D eigenvalue weighted by molar-refractivity contribution is -0.120. The zero-order chi connectivity index (χ0) is 23.0. The van der Waals surface area contributed by atoms with E-state index in [1.54, 1.807) is 22.0 Å². The van der Waals surface area contributed by atoms with E-state index in [-0.39, 0.29) is 12.5 Å². The van der Waals surface area contributed by atoms with Gasteiger partial charge in [0.25, 0.3) is 0 Å². The third-order valence-corrected chi connectivity index (χ3v) is 5.30. The van der Waals surface area contributed by atoms with Crippen molar-refractivity contribution in [3.05, 3.63) is 72.2 Å². The fraction of sp³-hybridized carbons (Fsp3) is 0.333. The molecule has 1 fully saturated rings. The van der Waals surface area contributed by atoms with Crippen LogP contribution in [0.15, 0.2) is 66.0 Å². The Morgan fingerprint density at radius 3 is 2.76 bits per heavy atom. The summed E-state index contributed by atoms with van der Waals surface area (Å²) in [6.07, 6.45) is 5.30. The Morgan fingerprint density at radius 2 is 2.03 bits per heavy atom. The number of carbonyl (C=O) groups is 1. The first-order chi connectivity index (χ1) is 16.1. The number of nitrogens with zero attached hydrogens (tertiary/aromatic N) is 6. The Morgan fingerprint density at radius 1 is 1.18 bits per heavy atom. The molecule has 0 bridgehead atoms. The van der Waals surface area contributed by atoms with Crippen LogP contribution in [0, 0.1) is 0 Å². The Bertz CT molecular complexity index is 1100. The molecule has 1 aliphatic heterocycles. The molecule has 9 heteroatoms. The minimum atomic E-state index is 0.0281. The molecule has 1 saturated heterocycles. The molecular formula is C24H29N7O2. The highest BCUT2D eigenvalue weighted by molar-refractivity contribution is 5.98. The molecule has 3 aromatic rings. The van der Waals surface area contributed by atoms with Gasteiger partial charge in [-0.05, 0) is 24.1 Å². The molecule has 0 saturated carbocycles. The van der Waals surface area contributed by atoms with Crippen molar-refractivity contribution >= 4 is 17.6 Å². The van der Waals surface area contributed by atoms with E-state index in [1.807, 2.05) is 67.5 Å². The molecule has 1 N–H and O–H groups in total. The van der Waals surface area contributed by atoms with E-state index in [2.05, 4.69) is 15.4 Å². The third kappa shape index (κ3) is 5.88. The lowest BCUT2D eigenvalue weighted by atomic mass is 10.2. The van der Waals surface area contributed by atoms with E-state index in [1.165, 1.54) is 0 Å². The zero-order valence-corrected chi connectivity index (χ0v) is 19.0. The van der Waals surface area contributed by atoms with Crippen LogP contribution >= 0.6 is 0 Å². The Balaban J connectivity index is 1.38. The van der Waals surface area contributed by atoms with Gasteiger partial charge in [-0.25, -0.2) is 9.98 Å². The van der Waals surface area contributed by atoms with Crippen LogP contribution in [0.5, 0.6) is 5.88 Å². The SMILES string of the molecule is CCNC(=NCc1ccnc(OCc2ccccc2)c1)N1CCN(c2cnn(C)c2)C(=O)C1. The smallest absolute Gasteiger partial charge is 0.246 e. The summed E-state index contributed by atoms with van der Waals surface area (Å²) in [6.45, 7) is 5.21. The number of piperazine rings is 1. The maximum Gasteiger partial charge on any atom is 0.246 e. The molecule has 3 heterocycles. The molecule has 9 nitrogen and oxygen atoms in total. The highest BCUT2D eigenvalue weighted by Crippen LogP contribution is 2.17. The summed E-state index contributed by atoms with van der Waals surface area (Å²) in [6, 6.07) is 13.8. The van der Waals surface area contributed by atoms with E-state index in [4.69, 9.17) is 9.73 Å². The number of ether oxygens (including phenoxy) is 1. The minimum Gasteiger partial charge on any atom is -0.473 e. The normalized spacial score (nSPS) is 14.5. The summed E-state index contributed by atoms with van der Waals surface area (Å²) in [4.78, 5) is 25.6. The van der Waals surface area contributed by atoms with Crippen molar-refractivity contribution in [2.45, 2.75) is 20.1 Å². The maximum absolute atomic E-state index is 12.8. The van der Waals surface area contributed by atoms with Crippen molar-refractivity contribution in [2.75, 3.05) is 31.1 Å². The number of guanidine groups is 1. The Kier molecular flexibility index (Phi) is 7.19. The van der Waals surface area contributed by atoms with Gasteiger partial charge in [-0.3, -0.25) is 9.48 Å². The van der Waals surface area contributed by atoms with Gasteiger partial charge in [-0.15, -0.1) is 0 Å². The van der Waals surface area contributed by atoms with Crippen molar-refractivity contribution in [3.63, 3.8) is 0 Å². The first-order valence-electron chi connectivity index (χ1n) is 11.1. The lowest BCUT2D eigenvalue weighted by Crippen LogP contribution is -2.55. The number of aliphatic imine (C=N–C) groups is 1. The topological polar surface area (TPSA) is 87.9 Å². The summed E-state index contributed by atoms with van der Waals surface area (Å²) in [5.41, 5.74) is 2.90. The predicted octanol–water partition coefficient (Wildman–Crippen LogP) is 2.21. The second-order valence-corrected chi connectivity index (χ2v) is 7.79. The largest absolute Gasteiger partial charge is 0.473 e. The number of rotatable bonds is 7. The zero-order valence-electron chi connectivity index (χ0n) is 19.0. The highest BCUT2D eigenvalue weighted by Gasteiger charge is 2.27. The molecule has 2 aromatic heterocycles. The molecular weight excluding hydrogens is 418 g/mol. The van der Waals surface area contributed by atoms with Crippen LogP contribution in [0.25, 0.3) is 0 Å². The number of aromatic nitrogens is 3. The van der Waals surface area contributed by atoms with Crippen LogP contribution < -0.4 is 15.0 Å². The average molecular weight is 448 g/mol. The number of nitrogens with one attached hydrogen (secondary N) is 1. The van der Waals surface area contributed by atoms with Crippen LogP contribution in [0.3, 0.4) is 0 Å². The van der Waals surface area contributed by atoms with Gasteiger partial charge in [0, 0.05) is 45.1 Å². The van der Waals surface area contributed by atoms with Gasteiger partial charge in [0.15, 0.2) is 5.96 Å². The number of aryl methyl sites for hydroxylation is 1. The number of benzene rings is 1. The van der Waals surface area contributed by atoms with Crippen molar-refractivity contribution in [2.24, 2.45) is 12.0 Å². The number of amides is 1. The summed E-state index contributed by atoms with van der Waals surface area (Å²) in [7, 11) is 1.84. The quantitative estimate of drug-likeness (QED) is 0.441. The summed E-state index contributed by atoms with van der Waals surface area (Å²) in [5.74, 6) is 1.32. The van der Waals surface area contributed by atoms with Gasteiger partial charge < -0.3 is 19.9 Å². The van der Waals surface area contributed by atoms with Gasteiger partial charge >= 0.3 is 0 Å². The predicted molar refractivity (Wildman–Crippen MR) is 127 cm³/mol. The molecule has 33 heavy (non-hydrogen) atoms. The van der Waals surface area contributed by atoms with Crippen molar-refractivity contribution < 1.29 is 9.53 Å². The Labute approximate surface area is 193 Å². The van der Waals surface area contributed by atoms with Gasteiger partial charge in [-0.1, -0.05) is 30.3 Å². The molecule has 172 valence electrons. The van der Waals surface area contributed by atoms with Crippen molar-refractivity contribution in [1.82, 2.24) is 25.0 Å².